The fourth-order valence-electron chi connectivity index (χ4n) is 2.13. The van der Waals surface area contributed by atoms with Crippen molar-refractivity contribution in [1.82, 2.24) is 0 Å². The third-order valence-corrected chi connectivity index (χ3v) is 4.26. The summed E-state index contributed by atoms with van der Waals surface area (Å²) in [4.78, 5) is 11.7. The van der Waals surface area contributed by atoms with E-state index in [-0.39, 0.29) is 13.0 Å². The van der Waals surface area contributed by atoms with E-state index in [1.807, 2.05) is 0 Å². The molecule has 0 saturated heterocycles. The van der Waals surface area contributed by atoms with Crippen LogP contribution in [0, 0.1) is 0 Å². The molecule has 21 heavy (non-hydrogen) atoms. The van der Waals surface area contributed by atoms with Crippen molar-refractivity contribution in [2.75, 3.05) is 6.61 Å². The van der Waals surface area contributed by atoms with Crippen molar-refractivity contribution < 1.29 is 40.0 Å². The van der Waals surface area contributed by atoms with Gasteiger partial charge in [0, 0.05) is 0 Å². The molecule has 0 aromatic heterocycles. The maximum absolute atomic E-state index is 12.4. The molecule has 0 aromatic carbocycles. The third kappa shape index (κ3) is 2.94. The maximum atomic E-state index is 12.4. The lowest BCUT2D eigenvalue weighted by molar-refractivity contribution is -0.147. The highest BCUT2D eigenvalue weighted by atomic mass is 32.2. The van der Waals surface area contributed by atoms with Gasteiger partial charge in [-0.25, -0.2) is 4.79 Å². The summed E-state index contributed by atoms with van der Waals surface area (Å²) < 4.78 is 73.2. The van der Waals surface area contributed by atoms with Crippen LogP contribution in [0.2, 0.25) is 0 Å². The van der Waals surface area contributed by atoms with Gasteiger partial charge in [0.25, 0.3) is 0 Å². The van der Waals surface area contributed by atoms with E-state index in [2.05, 4.69) is 8.92 Å². The van der Waals surface area contributed by atoms with E-state index >= 15 is 0 Å². The minimum atomic E-state index is -5.84. The van der Waals surface area contributed by atoms with Crippen LogP contribution < -0.4 is 0 Å². The average Bonchev–Trinajstić information content (AvgIpc) is 2.67. The molecule has 1 heterocycles. The highest BCUT2D eigenvalue weighted by Gasteiger charge is 2.54. The molecule has 0 bridgehead atoms. The van der Waals surface area contributed by atoms with Gasteiger partial charge in [-0.15, -0.1) is 0 Å². The average molecular weight is 330 g/mol. The molecule has 1 spiro atoms. The van der Waals surface area contributed by atoms with Crippen LogP contribution in [0.25, 0.3) is 0 Å². The lowest BCUT2D eigenvalue weighted by Crippen LogP contribution is -2.37. The molecular weight excluding hydrogens is 317 g/mol. The van der Waals surface area contributed by atoms with Gasteiger partial charge in [-0.2, -0.15) is 21.6 Å². The molecule has 1 saturated carbocycles. The van der Waals surface area contributed by atoms with Gasteiger partial charge in [-0.3, -0.25) is 0 Å². The third-order valence-electron chi connectivity index (χ3n) is 3.27. The van der Waals surface area contributed by atoms with E-state index in [4.69, 9.17) is 4.74 Å². The van der Waals surface area contributed by atoms with E-state index < -0.39 is 38.7 Å². The summed E-state index contributed by atoms with van der Waals surface area (Å²) >= 11 is 0. The van der Waals surface area contributed by atoms with Crippen molar-refractivity contribution in [3.63, 3.8) is 0 Å². The fourth-order valence-corrected chi connectivity index (χ4v) is 2.63. The Kier molecular flexibility index (Phi) is 3.85. The second-order valence-corrected chi connectivity index (χ2v) is 6.31. The lowest BCUT2D eigenvalue weighted by atomic mass is 9.78. The van der Waals surface area contributed by atoms with E-state index in [0.29, 0.717) is 12.8 Å². The fraction of sp³-hybridized carbons (Fsp3) is 0.727. The Labute approximate surface area is 119 Å². The first kappa shape index (κ1) is 15.9. The van der Waals surface area contributed by atoms with Crippen LogP contribution in [0.3, 0.4) is 0 Å². The number of carbonyl (C=O) groups is 1. The Balaban J connectivity index is 2.27. The largest absolute Gasteiger partial charge is 0.534 e. The molecule has 0 radical (unpaired) electrons. The molecule has 2 aliphatic rings. The summed E-state index contributed by atoms with van der Waals surface area (Å²) in [5.41, 5.74) is -6.42. The predicted molar refractivity (Wildman–Crippen MR) is 62.0 cm³/mol. The topological polar surface area (TPSA) is 78.9 Å². The first-order chi connectivity index (χ1) is 9.60. The predicted octanol–water partition coefficient (Wildman–Crippen LogP) is 1.97. The van der Waals surface area contributed by atoms with Gasteiger partial charge in [0.1, 0.15) is 5.60 Å². The summed E-state index contributed by atoms with van der Waals surface area (Å²) in [6.45, 7) is 1.47. The van der Waals surface area contributed by atoms with Gasteiger partial charge in [0.15, 0.2) is 5.76 Å². The van der Waals surface area contributed by atoms with Crippen LogP contribution in [0.1, 0.15) is 32.6 Å². The lowest BCUT2D eigenvalue weighted by Gasteiger charge is -2.37. The zero-order valence-corrected chi connectivity index (χ0v) is 11.8. The Hall–Kier alpha value is -1.45. The molecule has 0 N–H and O–H groups in total. The van der Waals surface area contributed by atoms with Gasteiger partial charge in [0.05, 0.1) is 13.0 Å². The second-order valence-electron chi connectivity index (χ2n) is 4.77. The molecule has 1 fully saturated rings. The van der Waals surface area contributed by atoms with Gasteiger partial charge in [0.2, 0.25) is 5.76 Å². The smallest absolute Gasteiger partial charge is 0.477 e. The summed E-state index contributed by atoms with van der Waals surface area (Å²) in [6.07, 6.45) is 1.59. The number of hydrogen-bond donors (Lipinski definition) is 0. The van der Waals surface area contributed by atoms with Crippen molar-refractivity contribution in [3.05, 3.63) is 11.5 Å². The molecule has 6 nitrogen and oxygen atoms in total. The molecule has 0 unspecified atom stereocenters. The van der Waals surface area contributed by atoms with E-state index in [1.54, 1.807) is 0 Å². The van der Waals surface area contributed by atoms with E-state index in [1.165, 1.54) is 6.92 Å². The van der Waals surface area contributed by atoms with Crippen molar-refractivity contribution in [2.45, 2.75) is 43.7 Å². The van der Waals surface area contributed by atoms with Gasteiger partial charge < -0.3 is 13.7 Å². The van der Waals surface area contributed by atoms with Crippen molar-refractivity contribution in [2.24, 2.45) is 0 Å². The number of rotatable bonds is 4. The summed E-state index contributed by atoms with van der Waals surface area (Å²) in [5, 5.41) is 0. The second kappa shape index (κ2) is 5.08. The standard InChI is InChI=1S/C11H13F3O6S/c1-2-18-9(15)8-7(6-10(19-8)4-3-5-10)20-21(16,17)11(12,13)14/h2-6H2,1H3. The highest BCUT2D eigenvalue weighted by molar-refractivity contribution is 7.87. The first-order valence-electron chi connectivity index (χ1n) is 6.20. The SMILES string of the molecule is CCOC(=O)C1=C(OS(=O)(=O)C(F)(F)F)CC2(CCC2)O1. The van der Waals surface area contributed by atoms with Crippen molar-refractivity contribution >= 4 is 16.1 Å². The first-order valence-corrected chi connectivity index (χ1v) is 7.61. The number of alkyl halides is 3. The molecular formula is C11H13F3O6S. The van der Waals surface area contributed by atoms with Gasteiger partial charge in [-0.1, -0.05) is 0 Å². The number of hydrogen-bond acceptors (Lipinski definition) is 6. The van der Waals surface area contributed by atoms with Gasteiger partial charge >= 0.3 is 21.6 Å². The van der Waals surface area contributed by atoms with Crippen molar-refractivity contribution in [3.8, 4) is 0 Å². The normalized spacial score (nSPS) is 21.0. The molecule has 0 atom stereocenters. The molecule has 0 amide bonds. The van der Waals surface area contributed by atoms with Crippen LogP contribution >= 0.6 is 0 Å². The van der Waals surface area contributed by atoms with Gasteiger partial charge in [-0.05, 0) is 26.2 Å². The minimum Gasteiger partial charge on any atom is -0.477 e. The molecule has 1 aliphatic heterocycles. The monoisotopic (exact) mass is 330 g/mol. The molecule has 120 valence electrons. The number of halogens is 3. The Morgan fingerprint density at radius 2 is 2.00 bits per heavy atom. The molecule has 1 aliphatic carbocycles. The Bertz CT molecular complexity index is 573. The summed E-state index contributed by atoms with van der Waals surface area (Å²) in [6, 6.07) is 0. The van der Waals surface area contributed by atoms with Crippen LogP contribution in [-0.4, -0.2) is 32.1 Å². The molecule has 0 aromatic rings. The number of ether oxygens (including phenoxy) is 2. The summed E-state index contributed by atoms with van der Waals surface area (Å²) in [7, 11) is -5.84. The zero-order chi connectivity index (χ0) is 15.9. The Morgan fingerprint density at radius 1 is 1.38 bits per heavy atom. The van der Waals surface area contributed by atoms with Crippen LogP contribution in [0.5, 0.6) is 0 Å². The van der Waals surface area contributed by atoms with E-state index in [0.717, 1.165) is 6.42 Å². The number of carbonyl (C=O) groups excluding carboxylic acids is 1. The van der Waals surface area contributed by atoms with Crippen LogP contribution in [0.4, 0.5) is 13.2 Å². The quantitative estimate of drug-likeness (QED) is 0.445. The molecule has 10 heteroatoms. The Morgan fingerprint density at radius 3 is 2.43 bits per heavy atom. The van der Waals surface area contributed by atoms with E-state index in [9.17, 15) is 26.4 Å². The van der Waals surface area contributed by atoms with Crippen LogP contribution in [0.15, 0.2) is 11.5 Å². The van der Waals surface area contributed by atoms with Crippen molar-refractivity contribution in [1.29, 1.82) is 0 Å². The molecule has 2 rings (SSSR count). The number of esters is 1. The minimum absolute atomic E-state index is 0.0298. The maximum Gasteiger partial charge on any atom is 0.534 e. The highest BCUT2D eigenvalue weighted by Crippen LogP contribution is 2.48. The summed E-state index contributed by atoms with van der Waals surface area (Å²) in [5.74, 6) is -2.27. The zero-order valence-electron chi connectivity index (χ0n) is 11.0. The van der Waals surface area contributed by atoms with Crippen LogP contribution in [-0.2, 0) is 28.6 Å².